The van der Waals surface area contributed by atoms with E-state index in [0.29, 0.717) is 19.1 Å². The number of benzene rings is 2. The number of pyridine rings is 2. The number of unbranched alkanes of at least 4 members (excludes halogenated alkanes) is 6. The van der Waals surface area contributed by atoms with Crippen LogP contribution in [0.25, 0.3) is 11.1 Å². The van der Waals surface area contributed by atoms with Crippen LogP contribution in [0.15, 0.2) is 98.7 Å². The Morgan fingerprint density at radius 3 is 1.76 bits per heavy atom. The SMILES string of the molecule is C=COCCCCCCOc1ccc(Cc2ccc3c(c2)C(C)c2cc(OCOc4ccc(OCCCCCCOC=C)cn4)ccc2-3)nc1. The minimum Gasteiger partial charge on any atom is -0.502 e. The minimum absolute atomic E-state index is 0.0656. The molecular formula is C42H50N2O6. The molecule has 1 atom stereocenters. The van der Waals surface area contributed by atoms with Crippen molar-refractivity contribution in [2.75, 3.05) is 33.2 Å². The Bertz CT molecular complexity index is 1620. The molecule has 0 saturated heterocycles. The van der Waals surface area contributed by atoms with Crippen LogP contribution in [-0.4, -0.2) is 43.2 Å². The van der Waals surface area contributed by atoms with E-state index in [-0.39, 0.29) is 12.7 Å². The lowest BCUT2D eigenvalue weighted by atomic mass is 9.96. The first kappa shape index (κ1) is 36.3. The molecule has 0 aliphatic heterocycles. The first-order valence-electron chi connectivity index (χ1n) is 17.8. The van der Waals surface area contributed by atoms with Gasteiger partial charge in [-0.3, -0.25) is 4.98 Å². The van der Waals surface area contributed by atoms with Gasteiger partial charge in [0, 0.05) is 24.1 Å². The summed E-state index contributed by atoms with van der Waals surface area (Å²) >= 11 is 0. The maximum atomic E-state index is 5.97. The zero-order valence-corrected chi connectivity index (χ0v) is 29.3. The summed E-state index contributed by atoms with van der Waals surface area (Å²) in [7, 11) is 0. The van der Waals surface area contributed by atoms with E-state index in [9.17, 15) is 0 Å². The number of aromatic nitrogens is 2. The summed E-state index contributed by atoms with van der Waals surface area (Å²) in [5, 5.41) is 0. The molecule has 4 aromatic rings. The lowest BCUT2D eigenvalue weighted by Crippen LogP contribution is -2.07. The van der Waals surface area contributed by atoms with Crippen molar-refractivity contribution >= 4 is 0 Å². The number of fused-ring (bicyclic) bond motifs is 3. The first-order valence-corrected chi connectivity index (χ1v) is 17.8. The van der Waals surface area contributed by atoms with Gasteiger partial charge >= 0.3 is 0 Å². The molecule has 0 radical (unpaired) electrons. The van der Waals surface area contributed by atoms with Gasteiger partial charge < -0.3 is 28.4 Å². The molecule has 0 spiro atoms. The topological polar surface area (TPSA) is 81.2 Å². The Balaban J connectivity index is 1.03. The smallest absolute Gasteiger partial charge is 0.232 e. The van der Waals surface area contributed by atoms with Crippen LogP contribution in [0.1, 0.15) is 86.6 Å². The van der Waals surface area contributed by atoms with E-state index in [4.69, 9.17) is 28.4 Å². The molecule has 1 aliphatic rings. The van der Waals surface area contributed by atoms with Crippen LogP contribution >= 0.6 is 0 Å². The normalized spacial score (nSPS) is 12.8. The summed E-state index contributed by atoms with van der Waals surface area (Å²) in [6.07, 6.45) is 15.8. The second-order valence-electron chi connectivity index (χ2n) is 12.4. The highest BCUT2D eigenvalue weighted by molar-refractivity contribution is 5.79. The van der Waals surface area contributed by atoms with Crippen molar-refractivity contribution in [2.24, 2.45) is 0 Å². The standard InChI is InChI=1S/C42H50N2O6/c1-4-45-22-10-6-8-12-24-47-36-16-15-34(43-29-36)26-33-14-19-38-39-20-17-35(28-41(39)32(3)40(38)27-33)49-31-50-42-21-18-37(30-44-42)48-25-13-9-7-11-23-46-5-2/h4-5,14-21,27-30,32H,1-2,6-13,22-26,31H2,3H3. The maximum Gasteiger partial charge on any atom is 0.232 e. The molecular weight excluding hydrogens is 628 g/mol. The fraction of sp³-hybridized carbons (Fsp3) is 0.381. The molecule has 0 N–H and O–H groups in total. The average Bonchev–Trinajstić information content (AvgIpc) is 3.42. The largest absolute Gasteiger partial charge is 0.502 e. The minimum atomic E-state index is 0.0656. The van der Waals surface area contributed by atoms with E-state index in [0.717, 1.165) is 93.9 Å². The highest BCUT2D eigenvalue weighted by Gasteiger charge is 2.26. The number of hydrogen-bond donors (Lipinski definition) is 0. The van der Waals surface area contributed by atoms with E-state index < -0.39 is 0 Å². The number of hydrogen-bond acceptors (Lipinski definition) is 8. The van der Waals surface area contributed by atoms with Gasteiger partial charge in [-0.1, -0.05) is 44.3 Å². The molecule has 5 rings (SSSR count). The predicted octanol–water partition coefficient (Wildman–Crippen LogP) is 9.81. The van der Waals surface area contributed by atoms with Crippen molar-refractivity contribution < 1.29 is 28.4 Å². The summed E-state index contributed by atoms with van der Waals surface area (Å²) < 4.78 is 33.7. The van der Waals surface area contributed by atoms with Gasteiger partial charge in [0.25, 0.3) is 0 Å². The van der Waals surface area contributed by atoms with Gasteiger partial charge in [0.1, 0.15) is 17.2 Å². The number of nitrogens with zero attached hydrogens (tertiary/aromatic N) is 2. The Labute approximate surface area is 297 Å². The van der Waals surface area contributed by atoms with E-state index in [1.54, 1.807) is 12.3 Å². The van der Waals surface area contributed by atoms with Crippen LogP contribution < -0.4 is 18.9 Å². The second kappa shape index (κ2) is 19.9. The first-order chi connectivity index (χ1) is 24.6. The molecule has 2 aromatic carbocycles. The van der Waals surface area contributed by atoms with Crippen molar-refractivity contribution in [3.63, 3.8) is 0 Å². The third-order valence-corrected chi connectivity index (χ3v) is 8.77. The molecule has 1 aliphatic carbocycles. The van der Waals surface area contributed by atoms with E-state index in [2.05, 4.69) is 66.4 Å². The van der Waals surface area contributed by atoms with Gasteiger partial charge in [0.15, 0.2) is 0 Å². The molecule has 0 amide bonds. The zero-order valence-electron chi connectivity index (χ0n) is 29.3. The summed E-state index contributed by atoms with van der Waals surface area (Å²) in [5.74, 6) is 3.05. The van der Waals surface area contributed by atoms with Crippen molar-refractivity contribution in [1.82, 2.24) is 9.97 Å². The molecule has 8 heteroatoms. The van der Waals surface area contributed by atoms with E-state index >= 15 is 0 Å². The third kappa shape index (κ3) is 11.0. The van der Waals surface area contributed by atoms with Gasteiger partial charge in [-0.2, -0.15) is 0 Å². The van der Waals surface area contributed by atoms with Crippen LogP contribution in [0, 0.1) is 0 Å². The predicted molar refractivity (Wildman–Crippen MR) is 197 cm³/mol. The van der Waals surface area contributed by atoms with Gasteiger partial charge in [0.05, 0.1) is 51.3 Å². The fourth-order valence-electron chi connectivity index (χ4n) is 6.06. The van der Waals surface area contributed by atoms with Crippen LogP contribution in [0.2, 0.25) is 0 Å². The van der Waals surface area contributed by atoms with Crippen LogP contribution in [-0.2, 0) is 15.9 Å². The molecule has 1 unspecified atom stereocenters. The maximum absolute atomic E-state index is 5.97. The average molecular weight is 679 g/mol. The van der Waals surface area contributed by atoms with Gasteiger partial charge in [-0.15, -0.1) is 0 Å². The van der Waals surface area contributed by atoms with E-state index in [1.807, 2.05) is 24.4 Å². The summed E-state index contributed by atoms with van der Waals surface area (Å²) in [4.78, 5) is 9.03. The van der Waals surface area contributed by atoms with Crippen molar-refractivity contribution in [1.29, 1.82) is 0 Å². The Kier molecular flexibility index (Phi) is 14.4. The quantitative estimate of drug-likeness (QED) is 0.0412. The summed E-state index contributed by atoms with van der Waals surface area (Å²) in [6, 6.07) is 20.8. The molecule has 264 valence electrons. The third-order valence-electron chi connectivity index (χ3n) is 8.77. The van der Waals surface area contributed by atoms with Crippen molar-refractivity contribution in [3.05, 3.63) is 121 Å². The summed E-state index contributed by atoms with van der Waals surface area (Å²) in [6.45, 7) is 12.2. The fourth-order valence-corrected chi connectivity index (χ4v) is 6.06. The molecule has 0 fully saturated rings. The molecule has 2 aromatic heterocycles. The highest BCUT2D eigenvalue weighted by atomic mass is 16.7. The highest BCUT2D eigenvalue weighted by Crippen LogP contribution is 2.46. The summed E-state index contributed by atoms with van der Waals surface area (Å²) in [5.41, 5.74) is 7.36. The number of ether oxygens (including phenoxy) is 6. The van der Waals surface area contributed by atoms with Gasteiger partial charge in [0.2, 0.25) is 12.7 Å². The van der Waals surface area contributed by atoms with Crippen LogP contribution in [0.3, 0.4) is 0 Å². The Morgan fingerprint density at radius 1 is 0.580 bits per heavy atom. The second-order valence-corrected chi connectivity index (χ2v) is 12.4. The number of rotatable bonds is 24. The molecule has 0 bridgehead atoms. The van der Waals surface area contributed by atoms with Crippen molar-refractivity contribution in [2.45, 2.75) is 70.6 Å². The van der Waals surface area contributed by atoms with Crippen molar-refractivity contribution in [3.8, 4) is 34.3 Å². The molecule has 50 heavy (non-hydrogen) atoms. The lowest BCUT2D eigenvalue weighted by molar-refractivity contribution is 0.115. The van der Waals surface area contributed by atoms with E-state index in [1.165, 1.54) is 40.3 Å². The Morgan fingerprint density at radius 2 is 1.16 bits per heavy atom. The zero-order chi connectivity index (χ0) is 34.8. The molecule has 0 saturated carbocycles. The van der Waals surface area contributed by atoms with Crippen LogP contribution in [0.4, 0.5) is 0 Å². The van der Waals surface area contributed by atoms with Gasteiger partial charge in [-0.25, -0.2) is 4.98 Å². The van der Waals surface area contributed by atoms with Crippen LogP contribution in [0.5, 0.6) is 23.1 Å². The Hall–Kier alpha value is -4.98. The molecule has 2 heterocycles. The lowest BCUT2D eigenvalue weighted by Gasteiger charge is -2.11. The molecule has 8 nitrogen and oxygen atoms in total. The monoisotopic (exact) mass is 678 g/mol. The van der Waals surface area contributed by atoms with Gasteiger partial charge in [-0.05, 0) is 110 Å².